The van der Waals surface area contributed by atoms with Crippen LogP contribution in [0.4, 0.5) is 11.4 Å². The van der Waals surface area contributed by atoms with E-state index >= 15 is 0 Å². The van der Waals surface area contributed by atoms with Gasteiger partial charge in [-0.15, -0.1) is 0 Å². The van der Waals surface area contributed by atoms with E-state index in [1.54, 1.807) is 0 Å². The number of fused-ring (bicyclic) bond motifs is 1. The first kappa shape index (κ1) is 16.6. The fourth-order valence-corrected chi connectivity index (χ4v) is 3.00. The second-order valence-corrected chi connectivity index (χ2v) is 6.26. The van der Waals surface area contributed by atoms with Crippen molar-refractivity contribution in [2.75, 3.05) is 11.9 Å². The third-order valence-corrected chi connectivity index (χ3v) is 4.50. The van der Waals surface area contributed by atoms with Crippen LogP contribution in [0.5, 0.6) is 0 Å². The van der Waals surface area contributed by atoms with E-state index in [9.17, 15) is 5.26 Å². The van der Waals surface area contributed by atoms with Crippen LogP contribution in [-0.4, -0.2) is 17.0 Å². The van der Waals surface area contributed by atoms with Crippen molar-refractivity contribution < 1.29 is 0 Å². The minimum absolute atomic E-state index is 0.510. The molecule has 0 radical (unpaired) electrons. The average Bonchev–Trinajstić information content (AvgIpc) is 3.16. The summed E-state index contributed by atoms with van der Waals surface area (Å²) in [7, 11) is 2.04. The number of rotatable bonds is 4. The summed E-state index contributed by atoms with van der Waals surface area (Å²) in [5.74, 6) is 0.587. The Labute approximate surface area is 158 Å². The average molecular weight is 350 g/mol. The molecule has 0 saturated heterocycles. The number of nitrogens with zero attached hydrogens (tertiary/aromatic N) is 3. The molecule has 4 rings (SSSR count). The normalized spacial score (nSPS) is 11.3. The van der Waals surface area contributed by atoms with Crippen molar-refractivity contribution in [2.45, 2.75) is 0 Å². The molecule has 0 amide bonds. The molecule has 1 N–H and O–H groups in total. The largest absolute Gasteiger partial charge is 0.345 e. The number of aromatic amines is 1. The summed E-state index contributed by atoms with van der Waals surface area (Å²) in [5, 5.41) is 9.57. The maximum Gasteiger partial charge on any atom is 0.149 e. The Bertz CT molecular complexity index is 1100. The summed E-state index contributed by atoms with van der Waals surface area (Å²) in [6.45, 7) is 0. The molecule has 0 aliphatic carbocycles. The Morgan fingerprint density at radius 1 is 0.926 bits per heavy atom. The van der Waals surface area contributed by atoms with Crippen LogP contribution in [0.3, 0.4) is 0 Å². The highest BCUT2D eigenvalue weighted by atomic mass is 15.1. The van der Waals surface area contributed by atoms with Crippen molar-refractivity contribution in [3.8, 4) is 6.07 Å². The van der Waals surface area contributed by atoms with E-state index in [2.05, 4.69) is 33.1 Å². The molecular weight excluding hydrogens is 332 g/mol. The number of H-pyrrole nitrogens is 1. The lowest BCUT2D eigenvalue weighted by atomic mass is 10.1. The lowest BCUT2D eigenvalue weighted by Gasteiger charge is -2.19. The zero-order valence-electron chi connectivity index (χ0n) is 14.9. The second-order valence-electron chi connectivity index (χ2n) is 6.26. The highest BCUT2D eigenvalue weighted by Crippen LogP contribution is 2.25. The van der Waals surface area contributed by atoms with Gasteiger partial charge in [0.15, 0.2) is 0 Å². The molecule has 0 unspecified atom stereocenters. The number of aromatic nitrogens is 2. The van der Waals surface area contributed by atoms with E-state index in [-0.39, 0.29) is 0 Å². The molecule has 0 aliphatic heterocycles. The summed E-state index contributed by atoms with van der Waals surface area (Å²) in [6.07, 6.45) is 1.85. The van der Waals surface area contributed by atoms with E-state index in [1.165, 1.54) is 0 Å². The van der Waals surface area contributed by atoms with Gasteiger partial charge < -0.3 is 9.88 Å². The van der Waals surface area contributed by atoms with Crippen LogP contribution in [0, 0.1) is 11.3 Å². The first-order chi connectivity index (χ1) is 13.2. The molecule has 0 fully saturated rings. The Balaban J connectivity index is 1.62. The lowest BCUT2D eigenvalue weighted by Crippen LogP contribution is -2.08. The van der Waals surface area contributed by atoms with Gasteiger partial charge in [-0.25, -0.2) is 4.98 Å². The van der Waals surface area contributed by atoms with Crippen LogP contribution in [0.1, 0.15) is 11.4 Å². The van der Waals surface area contributed by atoms with Crippen LogP contribution in [-0.2, 0) is 0 Å². The fourth-order valence-electron chi connectivity index (χ4n) is 3.00. The smallest absolute Gasteiger partial charge is 0.149 e. The molecule has 1 aromatic heterocycles. The van der Waals surface area contributed by atoms with Gasteiger partial charge in [0, 0.05) is 18.4 Å². The SMILES string of the molecule is CN(c1ccccc1)c1ccc(/C=C(\C#N)c2nc3ccccc3[nH]2)cc1. The molecule has 0 spiro atoms. The Morgan fingerprint density at radius 3 is 2.30 bits per heavy atom. The van der Waals surface area contributed by atoms with Crippen molar-refractivity contribution in [2.24, 2.45) is 0 Å². The van der Waals surface area contributed by atoms with E-state index in [0.29, 0.717) is 11.4 Å². The van der Waals surface area contributed by atoms with Gasteiger partial charge in [-0.3, -0.25) is 0 Å². The number of para-hydroxylation sites is 3. The number of allylic oxidation sites excluding steroid dienone is 1. The topological polar surface area (TPSA) is 55.7 Å². The molecule has 27 heavy (non-hydrogen) atoms. The van der Waals surface area contributed by atoms with Gasteiger partial charge in [0.05, 0.1) is 16.6 Å². The van der Waals surface area contributed by atoms with E-state index in [0.717, 1.165) is 28.0 Å². The standard InChI is InChI=1S/C23H18N4/c1-27(19-7-3-2-4-8-19)20-13-11-17(12-14-20)15-18(16-24)23-25-21-9-5-6-10-22(21)26-23/h2-15H,1H3,(H,25,26)/b18-15+. The van der Waals surface area contributed by atoms with Crippen LogP contribution >= 0.6 is 0 Å². The fraction of sp³-hybridized carbons (Fsp3) is 0.0435. The van der Waals surface area contributed by atoms with E-state index in [1.807, 2.05) is 79.9 Å². The van der Waals surface area contributed by atoms with Crippen LogP contribution in [0.15, 0.2) is 78.9 Å². The Kier molecular flexibility index (Phi) is 4.42. The van der Waals surface area contributed by atoms with Gasteiger partial charge in [0.25, 0.3) is 0 Å². The predicted molar refractivity (Wildman–Crippen MR) is 111 cm³/mol. The zero-order chi connectivity index (χ0) is 18.6. The number of anilines is 2. The third kappa shape index (κ3) is 3.44. The van der Waals surface area contributed by atoms with Crippen molar-refractivity contribution in [1.82, 2.24) is 9.97 Å². The van der Waals surface area contributed by atoms with Gasteiger partial charge in [-0.2, -0.15) is 5.26 Å². The van der Waals surface area contributed by atoms with Crippen LogP contribution < -0.4 is 4.90 Å². The summed E-state index contributed by atoms with van der Waals surface area (Å²) < 4.78 is 0. The van der Waals surface area contributed by atoms with Gasteiger partial charge in [0.2, 0.25) is 0 Å². The Hall–Kier alpha value is -3.84. The molecule has 0 bridgehead atoms. The van der Waals surface area contributed by atoms with Crippen molar-refractivity contribution in [1.29, 1.82) is 5.26 Å². The number of imidazole rings is 1. The molecule has 0 atom stereocenters. The van der Waals surface area contributed by atoms with Gasteiger partial charge in [-0.1, -0.05) is 42.5 Å². The molecule has 1 heterocycles. The number of nitriles is 1. The first-order valence-corrected chi connectivity index (χ1v) is 8.70. The lowest BCUT2D eigenvalue weighted by molar-refractivity contribution is 1.21. The molecule has 3 aromatic carbocycles. The number of hydrogen-bond acceptors (Lipinski definition) is 3. The first-order valence-electron chi connectivity index (χ1n) is 8.70. The summed E-state index contributed by atoms with van der Waals surface area (Å²) in [5.41, 5.74) is 5.45. The molecule has 130 valence electrons. The molecule has 0 saturated carbocycles. The molecule has 4 nitrogen and oxygen atoms in total. The molecule has 4 aromatic rings. The third-order valence-electron chi connectivity index (χ3n) is 4.50. The summed E-state index contributed by atoms with van der Waals surface area (Å²) in [4.78, 5) is 9.84. The van der Waals surface area contributed by atoms with Gasteiger partial charge in [0.1, 0.15) is 11.9 Å². The minimum Gasteiger partial charge on any atom is -0.345 e. The number of hydrogen-bond donors (Lipinski definition) is 1. The van der Waals surface area contributed by atoms with Gasteiger partial charge in [-0.05, 0) is 48.0 Å². The number of nitrogens with one attached hydrogen (secondary N) is 1. The maximum absolute atomic E-state index is 9.57. The Morgan fingerprint density at radius 2 is 1.59 bits per heavy atom. The highest BCUT2D eigenvalue weighted by molar-refractivity contribution is 5.90. The van der Waals surface area contributed by atoms with Crippen molar-refractivity contribution >= 4 is 34.1 Å². The zero-order valence-corrected chi connectivity index (χ0v) is 14.9. The van der Waals surface area contributed by atoms with E-state index < -0.39 is 0 Å². The maximum atomic E-state index is 9.57. The highest BCUT2D eigenvalue weighted by Gasteiger charge is 2.08. The van der Waals surface area contributed by atoms with Gasteiger partial charge >= 0.3 is 0 Å². The van der Waals surface area contributed by atoms with Crippen LogP contribution in [0.25, 0.3) is 22.7 Å². The minimum atomic E-state index is 0.510. The van der Waals surface area contributed by atoms with Crippen LogP contribution in [0.2, 0.25) is 0 Å². The molecular formula is C23H18N4. The number of benzene rings is 3. The predicted octanol–water partition coefficient (Wildman–Crippen LogP) is 5.39. The summed E-state index contributed by atoms with van der Waals surface area (Å²) in [6, 6.07) is 28.3. The molecule has 0 aliphatic rings. The summed E-state index contributed by atoms with van der Waals surface area (Å²) >= 11 is 0. The van der Waals surface area contributed by atoms with Crippen molar-refractivity contribution in [3.05, 3.63) is 90.3 Å². The quantitative estimate of drug-likeness (QED) is 0.502. The van der Waals surface area contributed by atoms with E-state index in [4.69, 9.17) is 0 Å². The molecule has 4 heteroatoms. The second kappa shape index (κ2) is 7.19. The monoisotopic (exact) mass is 350 g/mol. The van der Waals surface area contributed by atoms with Crippen molar-refractivity contribution in [3.63, 3.8) is 0 Å².